The second kappa shape index (κ2) is 6.10. The van der Waals surface area contributed by atoms with Crippen molar-refractivity contribution in [2.75, 3.05) is 19.6 Å². The molecular formula is C14H18F2N2O. The molecule has 0 aromatic heterocycles. The largest absolute Gasteiger partial charge is 0.342 e. The third kappa shape index (κ3) is 3.29. The van der Waals surface area contributed by atoms with E-state index in [9.17, 15) is 13.6 Å². The molecule has 1 aromatic carbocycles. The Morgan fingerprint density at radius 1 is 1.37 bits per heavy atom. The predicted octanol–water partition coefficient (Wildman–Crippen LogP) is 1.70. The Hall–Kier alpha value is -1.49. The van der Waals surface area contributed by atoms with E-state index in [0.29, 0.717) is 25.6 Å². The van der Waals surface area contributed by atoms with E-state index >= 15 is 0 Å². The highest BCUT2D eigenvalue weighted by atomic mass is 19.1. The van der Waals surface area contributed by atoms with Crippen LogP contribution in [0.4, 0.5) is 8.78 Å². The van der Waals surface area contributed by atoms with Crippen molar-refractivity contribution in [1.82, 2.24) is 4.90 Å². The second-order valence-corrected chi connectivity index (χ2v) is 4.96. The topological polar surface area (TPSA) is 46.3 Å². The fourth-order valence-electron chi connectivity index (χ4n) is 2.45. The summed E-state index contributed by atoms with van der Waals surface area (Å²) >= 11 is 0. The van der Waals surface area contributed by atoms with E-state index in [2.05, 4.69) is 0 Å². The first-order valence-electron chi connectivity index (χ1n) is 6.52. The molecule has 1 atom stereocenters. The van der Waals surface area contributed by atoms with Gasteiger partial charge in [-0.1, -0.05) is 6.07 Å². The standard InChI is InChI=1S/C14H18F2N2O/c15-12-4-1-5-13(16)11(12)7-14(19)18-6-2-3-10(8-17)9-18/h1,4-5,10H,2-3,6-9,17H2. The van der Waals surface area contributed by atoms with Gasteiger partial charge in [-0.15, -0.1) is 0 Å². The Morgan fingerprint density at radius 2 is 2.05 bits per heavy atom. The molecule has 3 nitrogen and oxygen atoms in total. The highest BCUT2D eigenvalue weighted by Crippen LogP contribution is 2.18. The molecule has 1 aliphatic heterocycles. The lowest BCUT2D eigenvalue weighted by molar-refractivity contribution is -0.132. The summed E-state index contributed by atoms with van der Waals surface area (Å²) in [4.78, 5) is 13.7. The number of piperidine rings is 1. The Labute approximate surface area is 111 Å². The molecule has 1 aromatic rings. The summed E-state index contributed by atoms with van der Waals surface area (Å²) in [7, 11) is 0. The van der Waals surface area contributed by atoms with Gasteiger partial charge in [0.2, 0.25) is 5.91 Å². The molecule has 0 aliphatic carbocycles. The molecule has 19 heavy (non-hydrogen) atoms. The van der Waals surface area contributed by atoms with Crippen LogP contribution in [0.25, 0.3) is 0 Å². The molecule has 1 unspecified atom stereocenters. The monoisotopic (exact) mass is 268 g/mol. The Kier molecular flexibility index (Phi) is 4.47. The van der Waals surface area contributed by atoms with Gasteiger partial charge < -0.3 is 10.6 Å². The molecule has 1 fully saturated rings. The van der Waals surface area contributed by atoms with E-state index in [1.54, 1.807) is 4.90 Å². The van der Waals surface area contributed by atoms with Crippen molar-refractivity contribution >= 4 is 5.91 Å². The molecule has 1 saturated heterocycles. The third-order valence-electron chi connectivity index (χ3n) is 3.59. The van der Waals surface area contributed by atoms with E-state index in [1.165, 1.54) is 18.2 Å². The minimum absolute atomic E-state index is 0.151. The number of halogens is 2. The Balaban J connectivity index is 2.04. The van der Waals surface area contributed by atoms with Crippen molar-refractivity contribution in [3.05, 3.63) is 35.4 Å². The quantitative estimate of drug-likeness (QED) is 0.907. The van der Waals surface area contributed by atoms with E-state index in [-0.39, 0.29) is 17.9 Å². The summed E-state index contributed by atoms with van der Waals surface area (Å²) in [5, 5.41) is 0. The van der Waals surface area contributed by atoms with Crippen LogP contribution in [-0.4, -0.2) is 30.4 Å². The lowest BCUT2D eigenvalue weighted by Crippen LogP contribution is -2.42. The van der Waals surface area contributed by atoms with Crippen LogP contribution in [0, 0.1) is 17.6 Å². The summed E-state index contributed by atoms with van der Waals surface area (Å²) in [6.07, 6.45) is 1.68. The van der Waals surface area contributed by atoms with E-state index < -0.39 is 11.6 Å². The van der Waals surface area contributed by atoms with Crippen molar-refractivity contribution in [2.24, 2.45) is 11.7 Å². The number of rotatable bonds is 3. The molecule has 0 saturated carbocycles. The highest BCUT2D eigenvalue weighted by molar-refractivity contribution is 5.79. The molecule has 5 heteroatoms. The molecule has 2 N–H and O–H groups in total. The van der Waals surface area contributed by atoms with Crippen LogP contribution in [0.3, 0.4) is 0 Å². The number of nitrogens with two attached hydrogens (primary N) is 1. The molecule has 0 bridgehead atoms. The van der Waals surface area contributed by atoms with Crippen LogP contribution in [-0.2, 0) is 11.2 Å². The maximum atomic E-state index is 13.5. The number of carbonyl (C=O) groups excluding carboxylic acids is 1. The third-order valence-corrected chi connectivity index (χ3v) is 3.59. The number of nitrogens with zero attached hydrogens (tertiary/aromatic N) is 1. The summed E-state index contributed by atoms with van der Waals surface area (Å²) in [5.41, 5.74) is 5.46. The van der Waals surface area contributed by atoms with E-state index in [1.807, 2.05) is 0 Å². The van der Waals surface area contributed by atoms with Gasteiger partial charge in [0.25, 0.3) is 0 Å². The van der Waals surface area contributed by atoms with E-state index in [4.69, 9.17) is 5.73 Å². The molecular weight excluding hydrogens is 250 g/mol. The van der Waals surface area contributed by atoms with Gasteiger partial charge in [-0.25, -0.2) is 8.78 Å². The van der Waals surface area contributed by atoms with Crippen LogP contribution in [0.1, 0.15) is 18.4 Å². The van der Waals surface area contributed by atoms with Crippen molar-refractivity contribution in [1.29, 1.82) is 0 Å². The lowest BCUT2D eigenvalue weighted by atomic mass is 9.97. The van der Waals surface area contributed by atoms with Gasteiger partial charge in [0.1, 0.15) is 11.6 Å². The van der Waals surface area contributed by atoms with Gasteiger partial charge in [0, 0.05) is 18.7 Å². The van der Waals surface area contributed by atoms with Crippen LogP contribution in [0.5, 0.6) is 0 Å². The fourth-order valence-corrected chi connectivity index (χ4v) is 2.45. The lowest BCUT2D eigenvalue weighted by Gasteiger charge is -2.32. The summed E-state index contributed by atoms with van der Waals surface area (Å²) < 4.78 is 27.0. The van der Waals surface area contributed by atoms with Crippen molar-refractivity contribution in [2.45, 2.75) is 19.3 Å². The number of benzene rings is 1. The number of carbonyl (C=O) groups is 1. The van der Waals surface area contributed by atoms with Gasteiger partial charge in [-0.05, 0) is 37.4 Å². The highest BCUT2D eigenvalue weighted by Gasteiger charge is 2.24. The van der Waals surface area contributed by atoms with Crippen molar-refractivity contribution in [3.8, 4) is 0 Å². The summed E-state index contributed by atoms with van der Waals surface area (Å²) in [6, 6.07) is 3.64. The molecule has 104 valence electrons. The molecule has 1 aliphatic rings. The number of hydrogen-bond acceptors (Lipinski definition) is 2. The minimum Gasteiger partial charge on any atom is -0.342 e. The van der Waals surface area contributed by atoms with Crippen LogP contribution >= 0.6 is 0 Å². The summed E-state index contributed by atoms with van der Waals surface area (Å²) in [6.45, 7) is 1.77. The minimum atomic E-state index is -0.666. The maximum Gasteiger partial charge on any atom is 0.227 e. The molecule has 0 spiro atoms. The molecule has 2 rings (SSSR count). The normalized spacial score (nSPS) is 19.5. The van der Waals surface area contributed by atoms with Gasteiger partial charge >= 0.3 is 0 Å². The van der Waals surface area contributed by atoms with Crippen LogP contribution < -0.4 is 5.73 Å². The molecule has 1 heterocycles. The molecule has 0 radical (unpaired) electrons. The second-order valence-electron chi connectivity index (χ2n) is 4.96. The smallest absolute Gasteiger partial charge is 0.227 e. The zero-order valence-corrected chi connectivity index (χ0v) is 10.7. The van der Waals surface area contributed by atoms with Gasteiger partial charge in [-0.2, -0.15) is 0 Å². The van der Waals surface area contributed by atoms with Gasteiger partial charge in [-0.3, -0.25) is 4.79 Å². The zero-order chi connectivity index (χ0) is 13.8. The van der Waals surface area contributed by atoms with E-state index in [0.717, 1.165) is 12.8 Å². The Bertz CT molecular complexity index is 445. The van der Waals surface area contributed by atoms with Crippen molar-refractivity contribution in [3.63, 3.8) is 0 Å². The van der Waals surface area contributed by atoms with Crippen LogP contribution in [0.2, 0.25) is 0 Å². The Morgan fingerprint density at radius 3 is 2.68 bits per heavy atom. The van der Waals surface area contributed by atoms with Crippen molar-refractivity contribution < 1.29 is 13.6 Å². The zero-order valence-electron chi connectivity index (χ0n) is 10.7. The SMILES string of the molecule is NCC1CCCN(C(=O)Cc2c(F)cccc2F)C1. The first-order valence-corrected chi connectivity index (χ1v) is 6.52. The fraction of sp³-hybridized carbons (Fsp3) is 0.500. The van der Waals surface area contributed by atoms with Gasteiger partial charge in [0.15, 0.2) is 0 Å². The summed E-state index contributed by atoms with van der Waals surface area (Å²) in [5.74, 6) is -1.27. The molecule has 1 amide bonds. The van der Waals surface area contributed by atoms with Crippen LogP contribution in [0.15, 0.2) is 18.2 Å². The number of hydrogen-bond donors (Lipinski definition) is 1. The number of amides is 1. The first-order chi connectivity index (χ1) is 9.11. The maximum absolute atomic E-state index is 13.5. The predicted molar refractivity (Wildman–Crippen MR) is 68.4 cm³/mol. The first kappa shape index (κ1) is 13.9. The van der Waals surface area contributed by atoms with Gasteiger partial charge in [0.05, 0.1) is 6.42 Å². The average Bonchev–Trinajstić information content (AvgIpc) is 2.43. The number of likely N-dealkylation sites (tertiary alicyclic amines) is 1. The average molecular weight is 268 g/mol.